The van der Waals surface area contributed by atoms with Crippen LogP contribution in [-0.4, -0.2) is 31.0 Å². The van der Waals surface area contributed by atoms with Crippen LogP contribution in [0.5, 0.6) is 0 Å². The Morgan fingerprint density at radius 3 is 2.86 bits per heavy atom. The second-order valence-electron chi connectivity index (χ2n) is 6.55. The number of unbranched alkanes of at least 4 members (excludes halogenated alkanes) is 2. The molecule has 5 nitrogen and oxygen atoms in total. The Balaban J connectivity index is 1.43. The predicted molar refractivity (Wildman–Crippen MR) is 86.4 cm³/mol. The van der Waals surface area contributed by atoms with Gasteiger partial charge in [-0.25, -0.2) is 0 Å². The summed E-state index contributed by atoms with van der Waals surface area (Å²) in [4.78, 5) is 16.6. The van der Waals surface area contributed by atoms with E-state index in [1.807, 2.05) is 6.92 Å². The molecule has 0 aromatic carbocycles. The van der Waals surface area contributed by atoms with Gasteiger partial charge in [-0.3, -0.25) is 9.79 Å². The minimum atomic E-state index is -0.162. The third kappa shape index (κ3) is 4.09. The molecule has 2 N–H and O–H groups in total. The zero-order valence-corrected chi connectivity index (χ0v) is 13.4. The van der Waals surface area contributed by atoms with Gasteiger partial charge in [0.1, 0.15) is 6.04 Å². The van der Waals surface area contributed by atoms with Crippen LogP contribution in [0.3, 0.4) is 0 Å². The van der Waals surface area contributed by atoms with Crippen LogP contribution in [-0.2, 0) is 9.53 Å². The van der Waals surface area contributed by atoms with Gasteiger partial charge in [0.05, 0.1) is 5.70 Å². The van der Waals surface area contributed by atoms with E-state index in [0.717, 1.165) is 30.2 Å². The van der Waals surface area contributed by atoms with E-state index >= 15 is 0 Å². The van der Waals surface area contributed by atoms with Gasteiger partial charge < -0.3 is 15.4 Å². The molecule has 0 bridgehead atoms. The molecule has 0 spiro atoms. The normalized spacial score (nSPS) is 27.4. The third-order valence-electron chi connectivity index (χ3n) is 4.66. The maximum absolute atomic E-state index is 12.2. The summed E-state index contributed by atoms with van der Waals surface area (Å²) in [6.07, 6.45) is 11.1. The number of dihydropyridines is 1. The molecule has 5 heteroatoms. The molecular formula is C17H27N3O2. The first kappa shape index (κ1) is 15.5. The average molecular weight is 305 g/mol. The van der Waals surface area contributed by atoms with Crippen LogP contribution in [0.25, 0.3) is 0 Å². The maximum Gasteiger partial charge on any atom is 0.246 e. The minimum Gasteiger partial charge on any atom is -0.371 e. The van der Waals surface area contributed by atoms with Crippen molar-refractivity contribution >= 4 is 12.1 Å². The average Bonchev–Trinajstić information content (AvgIpc) is 3.32. The van der Waals surface area contributed by atoms with Gasteiger partial charge in [0, 0.05) is 24.9 Å². The fourth-order valence-electron chi connectivity index (χ4n) is 3.17. The lowest BCUT2D eigenvalue weighted by molar-refractivity contribution is -0.123. The van der Waals surface area contributed by atoms with Crippen molar-refractivity contribution in [1.82, 2.24) is 10.6 Å². The van der Waals surface area contributed by atoms with Crippen molar-refractivity contribution in [1.29, 1.82) is 0 Å². The zero-order chi connectivity index (χ0) is 15.4. The number of aliphatic imine (C=N–C) groups is 1. The number of nitrogens with zero attached hydrogens (tertiary/aromatic N) is 1. The molecule has 3 rings (SSSR count). The Kier molecular flexibility index (Phi) is 5.13. The number of hydrogen-bond acceptors (Lipinski definition) is 4. The first-order valence-corrected chi connectivity index (χ1v) is 8.71. The molecule has 0 aromatic heterocycles. The van der Waals surface area contributed by atoms with Gasteiger partial charge in [0.25, 0.3) is 0 Å². The lowest BCUT2D eigenvalue weighted by Crippen LogP contribution is -2.50. The molecule has 1 aliphatic carbocycles. The molecule has 2 heterocycles. The molecule has 0 aromatic rings. The van der Waals surface area contributed by atoms with Gasteiger partial charge in [0.15, 0.2) is 6.23 Å². The molecule has 0 saturated heterocycles. The van der Waals surface area contributed by atoms with Gasteiger partial charge in [-0.05, 0) is 19.3 Å². The summed E-state index contributed by atoms with van der Waals surface area (Å²) < 4.78 is 5.50. The molecule has 3 aliphatic rings. The summed E-state index contributed by atoms with van der Waals surface area (Å²) in [5.41, 5.74) is 1.88. The van der Waals surface area contributed by atoms with E-state index in [1.165, 1.54) is 32.1 Å². The van der Waals surface area contributed by atoms with Crippen LogP contribution in [0.15, 0.2) is 16.4 Å². The number of allylic oxidation sites excluding steroid dienone is 1. The largest absolute Gasteiger partial charge is 0.371 e. The fourth-order valence-corrected chi connectivity index (χ4v) is 3.17. The second-order valence-corrected chi connectivity index (χ2v) is 6.55. The number of hydrogen-bond donors (Lipinski definition) is 2. The Morgan fingerprint density at radius 1 is 1.27 bits per heavy atom. The molecule has 1 fully saturated rings. The van der Waals surface area contributed by atoms with Crippen molar-refractivity contribution in [2.45, 2.75) is 70.6 Å². The van der Waals surface area contributed by atoms with Crippen molar-refractivity contribution in [2.24, 2.45) is 10.9 Å². The Morgan fingerprint density at radius 2 is 2.09 bits per heavy atom. The zero-order valence-electron chi connectivity index (χ0n) is 13.4. The van der Waals surface area contributed by atoms with Crippen LogP contribution in [0.4, 0.5) is 0 Å². The number of rotatable bonds is 8. The summed E-state index contributed by atoms with van der Waals surface area (Å²) in [7, 11) is 0. The van der Waals surface area contributed by atoms with E-state index in [2.05, 4.69) is 15.6 Å². The Labute approximate surface area is 132 Å². The first-order chi connectivity index (χ1) is 10.8. The number of carbonyl (C=O) groups is 1. The Hall–Kier alpha value is -1.36. The van der Waals surface area contributed by atoms with Crippen LogP contribution in [0.2, 0.25) is 0 Å². The van der Waals surface area contributed by atoms with Gasteiger partial charge in [0.2, 0.25) is 5.91 Å². The molecule has 122 valence electrons. The van der Waals surface area contributed by atoms with Crippen LogP contribution in [0, 0.1) is 5.92 Å². The molecule has 1 amide bonds. The van der Waals surface area contributed by atoms with E-state index in [0.29, 0.717) is 13.0 Å². The summed E-state index contributed by atoms with van der Waals surface area (Å²) in [5, 5.41) is 6.38. The van der Waals surface area contributed by atoms with Gasteiger partial charge in [-0.2, -0.15) is 0 Å². The highest BCUT2D eigenvalue weighted by molar-refractivity contribution is 5.91. The van der Waals surface area contributed by atoms with Crippen LogP contribution < -0.4 is 10.6 Å². The summed E-state index contributed by atoms with van der Waals surface area (Å²) in [6.45, 7) is 2.59. The molecule has 0 radical (unpaired) electrons. The van der Waals surface area contributed by atoms with E-state index in [4.69, 9.17) is 4.74 Å². The fraction of sp³-hybridized carbons (Fsp3) is 0.765. The van der Waals surface area contributed by atoms with Crippen molar-refractivity contribution in [3.05, 3.63) is 11.4 Å². The number of amides is 1. The predicted octanol–water partition coefficient (Wildman–Crippen LogP) is 2.48. The van der Waals surface area contributed by atoms with E-state index < -0.39 is 0 Å². The van der Waals surface area contributed by atoms with Crippen molar-refractivity contribution in [2.75, 3.05) is 6.61 Å². The van der Waals surface area contributed by atoms with Gasteiger partial charge >= 0.3 is 0 Å². The molecular weight excluding hydrogens is 278 g/mol. The van der Waals surface area contributed by atoms with Gasteiger partial charge in [-0.15, -0.1) is 0 Å². The second kappa shape index (κ2) is 7.27. The standard InChI is InChI=1S/C17H27N3O2/c1-2-22-16-10-14-15(11-18-16)19-13(17(21)20-14)7-5-3-4-6-12-8-9-12/h11-13,16,19H,2-10H2,1H3,(H,20,21). The molecule has 2 atom stereocenters. The smallest absolute Gasteiger partial charge is 0.246 e. The molecule has 2 aliphatic heterocycles. The highest BCUT2D eigenvalue weighted by atomic mass is 16.5. The molecule has 22 heavy (non-hydrogen) atoms. The highest BCUT2D eigenvalue weighted by Gasteiger charge is 2.29. The topological polar surface area (TPSA) is 62.7 Å². The SMILES string of the molecule is CCOC1CC2=C(C=N1)NC(CCCCCC1CC1)C(=O)N2. The van der Waals surface area contributed by atoms with Crippen molar-refractivity contribution < 1.29 is 9.53 Å². The summed E-state index contributed by atoms with van der Waals surface area (Å²) >= 11 is 0. The third-order valence-corrected chi connectivity index (χ3v) is 4.66. The Bertz CT molecular complexity index is 469. The molecule has 2 unspecified atom stereocenters. The van der Waals surface area contributed by atoms with Crippen molar-refractivity contribution in [3.63, 3.8) is 0 Å². The van der Waals surface area contributed by atoms with Crippen LogP contribution in [0.1, 0.15) is 58.3 Å². The van der Waals surface area contributed by atoms with E-state index in [9.17, 15) is 4.79 Å². The number of nitrogens with one attached hydrogen (secondary N) is 2. The molecule has 1 saturated carbocycles. The van der Waals surface area contributed by atoms with E-state index in [-0.39, 0.29) is 18.2 Å². The number of ether oxygens (including phenoxy) is 1. The first-order valence-electron chi connectivity index (χ1n) is 8.71. The van der Waals surface area contributed by atoms with Crippen molar-refractivity contribution in [3.8, 4) is 0 Å². The van der Waals surface area contributed by atoms with E-state index in [1.54, 1.807) is 6.21 Å². The number of carbonyl (C=O) groups excluding carboxylic acids is 1. The quantitative estimate of drug-likeness (QED) is 0.677. The highest BCUT2D eigenvalue weighted by Crippen LogP contribution is 2.34. The lowest BCUT2D eigenvalue weighted by Gasteiger charge is -2.31. The van der Waals surface area contributed by atoms with Crippen LogP contribution >= 0.6 is 0 Å². The monoisotopic (exact) mass is 305 g/mol. The lowest BCUT2D eigenvalue weighted by atomic mass is 10.0. The minimum absolute atomic E-state index is 0.0893. The summed E-state index contributed by atoms with van der Waals surface area (Å²) in [6, 6.07) is -0.116. The summed E-state index contributed by atoms with van der Waals surface area (Å²) in [5.74, 6) is 1.10. The van der Waals surface area contributed by atoms with Gasteiger partial charge in [-0.1, -0.05) is 38.5 Å². The maximum atomic E-state index is 12.2.